The van der Waals surface area contributed by atoms with Gasteiger partial charge in [-0.05, 0) is 13.8 Å². The molecule has 0 bridgehead atoms. The van der Waals surface area contributed by atoms with Crippen molar-refractivity contribution in [3.63, 3.8) is 0 Å². The van der Waals surface area contributed by atoms with Crippen molar-refractivity contribution in [2.45, 2.75) is 19.4 Å². The molecule has 1 aliphatic heterocycles. The van der Waals surface area contributed by atoms with Gasteiger partial charge in [-0.25, -0.2) is 0 Å². The van der Waals surface area contributed by atoms with Gasteiger partial charge in [-0.1, -0.05) is 0 Å². The zero-order chi connectivity index (χ0) is 6.20. The fourth-order valence-electron chi connectivity index (χ4n) is 0.662. The van der Waals surface area contributed by atoms with E-state index in [0.717, 1.165) is 0 Å². The third kappa shape index (κ3) is 2.34. The average molecular weight is 119 g/mol. The van der Waals surface area contributed by atoms with Crippen LogP contribution < -0.4 is 18.9 Å². The van der Waals surface area contributed by atoms with Gasteiger partial charge in [0.25, 0.3) is 0 Å². The van der Waals surface area contributed by atoms with Crippen LogP contribution in [0.25, 0.3) is 0 Å². The van der Waals surface area contributed by atoms with Crippen molar-refractivity contribution < 1.29 is 23.6 Å². The molecule has 0 aromatic rings. The molecule has 0 aromatic carbocycles. The van der Waals surface area contributed by atoms with Gasteiger partial charge in [-0.3, -0.25) is 4.99 Å². The Balaban J connectivity index is 0.000000640. The molecule has 1 rings (SSSR count). The number of nitrogens with zero attached hydrogens (tertiary/aromatic N) is 1. The SMILES string of the molecule is [CH2-]C1=NC(C)(C)CO1.[Li+]. The molecule has 2 nitrogen and oxygen atoms in total. The van der Waals surface area contributed by atoms with E-state index < -0.39 is 0 Å². The van der Waals surface area contributed by atoms with Crippen LogP contribution in [0.1, 0.15) is 13.8 Å². The number of hydrogen-bond donors (Lipinski definition) is 0. The van der Waals surface area contributed by atoms with Crippen molar-refractivity contribution in [1.29, 1.82) is 0 Å². The molecule has 0 fully saturated rings. The van der Waals surface area contributed by atoms with Gasteiger partial charge in [0.2, 0.25) is 0 Å². The van der Waals surface area contributed by atoms with Crippen LogP contribution >= 0.6 is 0 Å². The number of aliphatic imine (C=N–C) groups is 1. The molecular weight excluding hydrogens is 109 g/mol. The quantitative estimate of drug-likeness (QED) is 0.268. The molecule has 9 heavy (non-hydrogen) atoms. The van der Waals surface area contributed by atoms with E-state index in [1.54, 1.807) is 0 Å². The van der Waals surface area contributed by atoms with Crippen LogP contribution in [0.2, 0.25) is 0 Å². The number of rotatable bonds is 0. The first-order valence-electron chi connectivity index (χ1n) is 2.65. The van der Waals surface area contributed by atoms with Crippen LogP contribution in [0.15, 0.2) is 4.99 Å². The summed E-state index contributed by atoms with van der Waals surface area (Å²) in [7, 11) is 0. The maximum Gasteiger partial charge on any atom is 1.00 e. The Morgan fingerprint density at radius 3 is 2.33 bits per heavy atom. The minimum atomic E-state index is -0.0307. The van der Waals surface area contributed by atoms with E-state index in [4.69, 9.17) is 4.74 Å². The molecule has 0 radical (unpaired) electrons. The molecule has 0 unspecified atom stereocenters. The first-order chi connectivity index (χ1) is 3.60. The molecule has 0 spiro atoms. The molecule has 1 heterocycles. The van der Waals surface area contributed by atoms with Gasteiger partial charge in [0.1, 0.15) is 6.61 Å². The largest absolute Gasteiger partial charge is 1.00 e. The average Bonchev–Trinajstić information content (AvgIpc) is 1.82. The summed E-state index contributed by atoms with van der Waals surface area (Å²) in [5.74, 6) is 0.565. The van der Waals surface area contributed by atoms with Crippen molar-refractivity contribution in [3.05, 3.63) is 6.92 Å². The summed E-state index contributed by atoms with van der Waals surface area (Å²) >= 11 is 0. The fourth-order valence-corrected chi connectivity index (χ4v) is 0.662. The molecule has 0 aliphatic carbocycles. The first kappa shape index (κ1) is 8.94. The molecule has 3 heteroatoms. The Labute approximate surface area is 67.9 Å². The summed E-state index contributed by atoms with van der Waals surface area (Å²) in [6, 6.07) is 0. The van der Waals surface area contributed by atoms with Gasteiger partial charge in [0.05, 0.1) is 5.54 Å². The van der Waals surface area contributed by atoms with Crippen LogP contribution in [0, 0.1) is 6.92 Å². The third-order valence-electron chi connectivity index (χ3n) is 1.02. The van der Waals surface area contributed by atoms with Gasteiger partial charge in [0, 0.05) is 5.90 Å². The Kier molecular flexibility index (Phi) is 2.66. The van der Waals surface area contributed by atoms with Crippen LogP contribution in [-0.2, 0) is 4.74 Å². The van der Waals surface area contributed by atoms with E-state index in [-0.39, 0.29) is 24.4 Å². The van der Waals surface area contributed by atoms with Crippen molar-refractivity contribution in [1.82, 2.24) is 0 Å². The monoisotopic (exact) mass is 119 g/mol. The van der Waals surface area contributed by atoms with Crippen molar-refractivity contribution in [2.75, 3.05) is 6.61 Å². The second kappa shape index (κ2) is 2.68. The maximum atomic E-state index is 5.01. The van der Waals surface area contributed by atoms with E-state index >= 15 is 0 Å². The Bertz CT molecular complexity index is 131. The molecular formula is C6H10LiNO. The minimum absolute atomic E-state index is 0. The van der Waals surface area contributed by atoms with Gasteiger partial charge >= 0.3 is 18.9 Å². The molecule has 0 aromatic heterocycles. The Morgan fingerprint density at radius 2 is 2.22 bits per heavy atom. The molecule has 46 valence electrons. The summed E-state index contributed by atoms with van der Waals surface area (Å²) in [6.45, 7) is 8.27. The fraction of sp³-hybridized carbons (Fsp3) is 0.667. The maximum absolute atomic E-state index is 5.01. The zero-order valence-electron chi connectivity index (χ0n) is 6.27. The van der Waals surface area contributed by atoms with E-state index in [9.17, 15) is 0 Å². The van der Waals surface area contributed by atoms with Crippen molar-refractivity contribution in [3.8, 4) is 0 Å². The van der Waals surface area contributed by atoms with Crippen molar-refractivity contribution in [2.24, 2.45) is 4.99 Å². The molecule has 0 amide bonds. The molecule has 0 saturated heterocycles. The van der Waals surface area contributed by atoms with E-state index in [1.807, 2.05) is 13.8 Å². The molecule has 0 N–H and O–H groups in total. The predicted molar refractivity (Wildman–Crippen MR) is 32.8 cm³/mol. The molecule has 1 aliphatic rings. The normalized spacial score (nSPS) is 21.8. The summed E-state index contributed by atoms with van der Waals surface area (Å²) in [4.78, 5) is 4.10. The predicted octanol–water partition coefficient (Wildman–Crippen LogP) is -1.97. The van der Waals surface area contributed by atoms with Crippen molar-refractivity contribution >= 4 is 5.90 Å². The van der Waals surface area contributed by atoms with E-state index in [0.29, 0.717) is 12.5 Å². The summed E-state index contributed by atoms with van der Waals surface area (Å²) in [6.07, 6.45) is 0. The molecule has 0 atom stereocenters. The van der Waals surface area contributed by atoms with Gasteiger partial charge in [-0.2, -0.15) is 0 Å². The van der Waals surface area contributed by atoms with Gasteiger partial charge in [-0.15, -0.1) is 0 Å². The number of ether oxygens (including phenoxy) is 1. The van der Waals surface area contributed by atoms with E-state index in [2.05, 4.69) is 11.9 Å². The second-order valence-electron chi connectivity index (χ2n) is 2.61. The van der Waals surface area contributed by atoms with Gasteiger partial charge < -0.3 is 11.7 Å². The van der Waals surface area contributed by atoms with Gasteiger partial charge in [0.15, 0.2) is 0 Å². The third-order valence-corrected chi connectivity index (χ3v) is 1.02. The standard InChI is InChI=1S/C6H10NO.Li/c1-5-7-6(2,3)4-8-5;/h1,4H2,2-3H3;/q-1;+1. The number of hydrogen-bond acceptors (Lipinski definition) is 2. The topological polar surface area (TPSA) is 21.6 Å². The van der Waals surface area contributed by atoms with Crippen LogP contribution in [-0.4, -0.2) is 18.0 Å². The van der Waals surface area contributed by atoms with Crippen LogP contribution in [0.3, 0.4) is 0 Å². The Morgan fingerprint density at radius 1 is 1.67 bits per heavy atom. The Hall–Kier alpha value is -0.0626. The summed E-state index contributed by atoms with van der Waals surface area (Å²) in [5.41, 5.74) is -0.0307. The van der Waals surface area contributed by atoms with Crippen LogP contribution in [0.5, 0.6) is 0 Å². The zero-order valence-corrected chi connectivity index (χ0v) is 6.27. The smallest absolute Gasteiger partial charge is 0.508 e. The summed E-state index contributed by atoms with van der Waals surface area (Å²) < 4.78 is 5.01. The van der Waals surface area contributed by atoms with E-state index in [1.165, 1.54) is 0 Å². The second-order valence-corrected chi connectivity index (χ2v) is 2.61. The summed E-state index contributed by atoms with van der Waals surface area (Å²) in [5, 5.41) is 0. The molecule has 0 saturated carbocycles. The van der Waals surface area contributed by atoms with Crippen LogP contribution in [0.4, 0.5) is 0 Å². The first-order valence-corrected chi connectivity index (χ1v) is 2.65. The minimum Gasteiger partial charge on any atom is -0.508 e.